The summed E-state index contributed by atoms with van der Waals surface area (Å²) >= 11 is 0. The molecule has 1 N–H and O–H groups in total. The van der Waals surface area contributed by atoms with Crippen molar-refractivity contribution in [2.45, 2.75) is 51.4 Å². The first kappa shape index (κ1) is 12.8. The standard InChI is InChI=1S/C11H18N2O3/c1-11(2,3)16-10(15)13-6-4-5-8(13)9(14)7-12/h8-9,14H,4-6H2,1-3H3/t8-,9-/m0/s1. The quantitative estimate of drug-likeness (QED) is 0.683. The highest BCUT2D eigenvalue weighted by atomic mass is 16.6. The first-order valence-corrected chi connectivity index (χ1v) is 5.42. The molecule has 2 atom stereocenters. The van der Waals surface area contributed by atoms with Crippen LogP contribution in [0.25, 0.3) is 0 Å². The lowest BCUT2D eigenvalue weighted by atomic mass is 10.1. The molecule has 0 unspecified atom stereocenters. The van der Waals surface area contributed by atoms with Gasteiger partial charge in [0.1, 0.15) is 5.60 Å². The average Bonchev–Trinajstić information content (AvgIpc) is 2.62. The maximum absolute atomic E-state index is 11.8. The lowest BCUT2D eigenvalue weighted by molar-refractivity contribution is 0.0122. The molecule has 1 aliphatic rings. The second-order valence-corrected chi connectivity index (χ2v) is 4.96. The highest BCUT2D eigenvalue weighted by Crippen LogP contribution is 2.22. The smallest absolute Gasteiger partial charge is 0.410 e. The van der Waals surface area contributed by atoms with Crippen molar-refractivity contribution in [3.63, 3.8) is 0 Å². The number of carbonyl (C=O) groups excluding carboxylic acids is 1. The molecule has 90 valence electrons. The third kappa shape index (κ3) is 3.11. The summed E-state index contributed by atoms with van der Waals surface area (Å²) in [6.45, 7) is 5.91. The van der Waals surface area contributed by atoms with Gasteiger partial charge in [-0.25, -0.2) is 4.79 Å². The Morgan fingerprint density at radius 3 is 2.75 bits per heavy atom. The Bertz CT molecular complexity index is 303. The molecule has 1 heterocycles. The Labute approximate surface area is 95.6 Å². The van der Waals surface area contributed by atoms with Gasteiger partial charge in [-0.1, -0.05) is 0 Å². The van der Waals surface area contributed by atoms with Crippen LogP contribution in [0.2, 0.25) is 0 Å². The molecule has 1 rings (SSSR count). The number of nitriles is 1. The van der Waals surface area contributed by atoms with E-state index >= 15 is 0 Å². The van der Waals surface area contributed by atoms with Crippen LogP contribution in [-0.2, 0) is 4.74 Å². The lowest BCUT2D eigenvalue weighted by Crippen LogP contribution is -2.44. The molecule has 0 spiro atoms. The molecule has 16 heavy (non-hydrogen) atoms. The Hall–Kier alpha value is -1.28. The molecule has 0 radical (unpaired) electrons. The average molecular weight is 226 g/mol. The molecule has 0 bridgehead atoms. The van der Waals surface area contributed by atoms with E-state index in [2.05, 4.69) is 0 Å². The Morgan fingerprint density at radius 2 is 2.25 bits per heavy atom. The predicted octanol–water partition coefficient (Wildman–Crippen LogP) is 1.27. The zero-order valence-corrected chi connectivity index (χ0v) is 9.93. The highest BCUT2D eigenvalue weighted by Gasteiger charge is 2.36. The maximum atomic E-state index is 11.8. The monoisotopic (exact) mass is 226 g/mol. The molecule has 0 saturated carbocycles. The van der Waals surface area contributed by atoms with Crippen molar-refractivity contribution in [3.8, 4) is 6.07 Å². The number of likely N-dealkylation sites (tertiary alicyclic amines) is 1. The number of aliphatic hydroxyl groups excluding tert-OH is 1. The molecule has 1 saturated heterocycles. The van der Waals surface area contributed by atoms with E-state index in [1.807, 2.05) is 0 Å². The van der Waals surface area contributed by atoms with E-state index in [1.165, 1.54) is 4.90 Å². The van der Waals surface area contributed by atoms with Crippen molar-refractivity contribution in [1.29, 1.82) is 5.26 Å². The van der Waals surface area contributed by atoms with Gasteiger partial charge in [0, 0.05) is 6.54 Å². The second kappa shape index (κ2) is 4.71. The van der Waals surface area contributed by atoms with Gasteiger partial charge in [0.25, 0.3) is 0 Å². The van der Waals surface area contributed by atoms with Gasteiger partial charge in [0.05, 0.1) is 12.1 Å². The van der Waals surface area contributed by atoms with Gasteiger partial charge in [-0.15, -0.1) is 0 Å². The van der Waals surface area contributed by atoms with Crippen molar-refractivity contribution in [3.05, 3.63) is 0 Å². The SMILES string of the molecule is CC(C)(C)OC(=O)N1CCC[C@H]1[C@@H](O)C#N. The van der Waals surface area contributed by atoms with Crippen LogP contribution in [0.1, 0.15) is 33.6 Å². The molecule has 1 aliphatic heterocycles. The molecule has 1 amide bonds. The van der Waals surface area contributed by atoms with Crippen molar-refractivity contribution >= 4 is 6.09 Å². The zero-order chi connectivity index (χ0) is 12.3. The van der Waals surface area contributed by atoms with Crippen LogP contribution in [0.3, 0.4) is 0 Å². The van der Waals surface area contributed by atoms with E-state index in [-0.39, 0.29) is 0 Å². The fourth-order valence-electron chi connectivity index (χ4n) is 1.75. The third-order valence-corrected chi connectivity index (χ3v) is 2.42. The molecule has 1 fully saturated rings. The van der Waals surface area contributed by atoms with Crippen LogP contribution in [0, 0.1) is 11.3 Å². The van der Waals surface area contributed by atoms with Crippen molar-refractivity contribution in [2.75, 3.05) is 6.54 Å². The Kier molecular flexibility index (Phi) is 3.76. The summed E-state index contributed by atoms with van der Waals surface area (Å²) in [5, 5.41) is 18.1. The number of amides is 1. The number of rotatable bonds is 1. The lowest BCUT2D eigenvalue weighted by Gasteiger charge is -2.29. The number of hydrogen-bond donors (Lipinski definition) is 1. The molecule has 0 aliphatic carbocycles. The summed E-state index contributed by atoms with van der Waals surface area (Å²) in [6.07, 6.45) is -0.143. The van der Waals surface area contributed by atoms with E-state index in [1.54, 1.807) is 26.8 Å². The van der Waals surface area contributed by atoms with Crippen LogP contribution in [0.5, 0.6) is 0 Å². The molecule has 5 nitrogen and oxygen atoms in total. The van der Waals surface area contributed by atoms with E-state index in [0.717, 1.165) is 6.42 Å². The van der Waals surface area contributed by atoms with E-state index in [4.69, 9.17) is 10.00 Å². The van der Waals surface area contributed by atoms with Crippen molar-refractivity contribution in [1.82, 2.24) is 4.90 Å². The summed E-state index contributed by atoms with van der Waals surface area (Å²) in [7, 11) is 0. The largest absolute Gasteiger partial charge is 0.444 e. The number of ether oxygens (including phenoxy) is 1. The van der Waals surface area contributed by atoms with Crippen molar-refractivity contribution in [2.24, 2.45) is 0 Å². The van der Waals surface area contributed by atoms with E-state index < -0.39 is 23.8 Å². The summed E-state index contributed by atoms with van der Waals surface area (Å²) in [5.74, 6) is 0. The van der Waals surface area contributed by atoms with Gasteiger partial charge in [0.2, 0.25) is 0 Å². The zero-order valence-electron chi connectivity index (χ0n) is 9.93. The molecule has 0 aromatic rings. The highest BCUT2D eigenvalue weighted by molar-refractivity contribution is 5.69. The van der Waals surface area contributed by atoms with E-state index in [9.17, 15) is 9.90 Å². The fourth-order valence-corrected chi connectivity index (χ4v) is 1.75. The molecular weight excluding hydrogens is 208 g/mol. The van der Waals surface area contributed by atoms with Gasteiger partial charge >= 0.3 is 6.09 Å². The summed E-state index contributed by atoms with van der Waals surface area (Å²) in [6, 6.07) is 1.33. The molecule has 0 aromatic heterocycles. The Morgan fingerprint density at radius 1 is 1.62 bits per heavy atom. The van der Waals surface area contributed by atoms with Crippen LogP contribution < -0.4 is 0 Å². The summed E-state index contributed by atoms with van der Waals surface area (Å²) in [5.41, 5.74) is -0.554. The molecule has 5 heteroatoms. The first-order valence-electron chi connectivity index (χ1n) is 5.42. The minimum absolute atomic E-state index is 0.431. The van der Waals surface area contributed by atoms with Crippen LogP contribution >= 0.6 is 0 Å². The minimum Gasteiger partial charge on any atom is -0.444 e. The van der Waals surface area contributed by atoms with Crippen LogP contribution in [0.4, 0.5) is 4.79 Å². The van der Waals surface area contributed by atoms with Crippen LogP contribution in [0.15, 0.2) is 0 Å². The topological polar surface area (TPSA) is 73.6 Å². The molecular formula is C11H18N2O3. The summed E-state index contributed by atoms with van der Waals surface area (Å²) in [4.78, 5) is 13.2. The number of aliphatic hydroxyl groups is 1. The van der Waals surface area contributed by atoms with E-state index in [0.29, 0.717) is 13.0 Å². The molecule has 0 aromatic carbocycles. The van der Waals surface area contributed by atoms with Gasteiger partial charge in [-0.3, -0.25) is 0 Å². The number of nitrogens with zero attached hydrogens (tertiary/aromatic N) is 2. The number of hydrogen-bond acceptors (Lipinski definition) is 4. The van der Waals surface area contributed by atoms with Crippen molar-refractivity contribution < 1.29 is 14.6 Å². The van der Waals surface area contributed by atoms with Gasteiger partial charge in [-0.2, -0.15) is 5.26 Å². The van der Waals surface area contributed by atoms with Gasteiger partial charge < -0.3 is 14.7 Å². The Balaban J connectivity index is 2.65. The van der Waals surface area contributed by atoms with Crippen LogP contribution in [-0.4, -0.2) is 40.4 Å². The second-order valence-electron chi connectivity index (χ2n) is 4.96. The first-order chi connectivity index (χ1) is 7.35. The normalized spacial score (nSPS) is 22.7. The third-order valence-electron chi connectivity index (χ3n) is 2.42. The number of carbonyl (C=O) groups is 1. The minimum atomic E-state index is -1.13. The fraction of sp³-hybridized carbons (Fsp3) is 0.818. The maximum Gasteiger partial charge on any atom is 0.410 e. The predicted molar refractivity (Wildman–Crippen MR) is 57.6 cm³/mol. The summed E-state index contributed by atoms with van der Waals surface area (Å²) < 4.78 is 5.21. The van der Waals surface area contributed by atoms with Gasteiger partial charge in [-0.05, 0) is 33.6 Å². The van der Waals surface area contributed by atoms with Gasteiger partial charge in [0.15, 0.2) is 6.10 Å².